The maximum Gasteiger partial charge on any atom is 0.508 e. The molecule has 0 unspecified atom stereocenters. The molecule has 0 aromatic heterocycles. The summed E-state index contributed by atoms with van der Waals surface area (Å²) in [6, 6.07) is 9.83. The van der Waals surface area contributed by atoms with Crippen molar-refractivity contribution in [1.29, 1.82) is 0 Å². The van der Waals surface area contributed by atoms with E-state index in [2.05, 4.69) is 40.7 Å². The van der Waals surface area contributed by atoms with Gasteiger partial charge in [-0.1, -0.05) is 95.9 Å². The van der Waals surface area contributed by atoms with Crippen molar-refractivity contribution in [2.75, 3.05) is 0 Å². The highest BCUT2D eigenvalue weighted by Crippen LogP contribution is 2.67. The van der Waals surface area contributed by atoms with E-state index in [1.54, 1.807) is 5.57 Å². The molecule has 0 amide bonds. The molecular weight excluding hydrogens is 468 g/mol. The summed E-state index contributed by atoms with van der Waals surface area (Å²) in [4.78, 5) is 12.4. The van der Waals surface area contributed by atoms with E-state index in [1.165, 1.54) is 51.4 Å². The standard InChI is InChI=1S/C35H52O3/c1-24(2)10-9-11-25(3)30-16-17-31-29-15-14-27-22-28(38-33(36)37-23-26-12-7-6-8-13-26)18-20-34(27,4)32(29)19-21-35(30,31)5/h6-8,12-14,24-25,28-32H,9-11,15-23H2,1-5H3/t25-,28-,29+,30-,31+,32-,34-,35+/m0/s1. The Morgan fingerprint density at radius 3 is 2.53 bits per heavy atom. The maximum atomic E-state index is 12.4. The predicted molar refractivity (Wildman–Crippen MR) is 155 cm³/mol. The van der Waals surface area contributed by atoms with Crippen molar-refractivity contribution in [2.45, 2.75) is 118 Å². The molecule has 3 nitrogen and oxygen atoms in total. The second-order valence-corrected chi connectivity index (χ2v) is 14.3. The van der Waals surface area contributed by atoms with Gasteiger partial charge in [0.1, 0.15) is 12.7 Å². The van der Waals surface area contributed by atoms with Crippen LogP contribution in [0.25, 0.3) is 0 Å². The second kappa shape index (κ2) is 11.4. The Bertz CT molecular complexity index is 982. The zero-order chi connectivity index (χ0) is 26.9. The fourth-order valence-electron chi connectivity index (χ4n) is 9.64. The molecule has 3 heteroatoms. The number of hydrogen-bond donors (Lipinski definition) is 0. The largest absolute Gasteiger partial charge is 0.508 e. The van der Waals surface area contributed by atoms with E-state index in [0.29, 0.717) is 5.41 Å². The summed E-state index contributed by atoms with van der Waals surface area (Å²) in [5, 5.41) is 0. The minimum Gasteiger partial charge on any atom is -0.431 e. The van der Waals surface area contributed by atoms with Gasteiger partial charge in [-0.3, -0.25) is 0 Å². The molecule has 0 aliphatic heterocycles. The van der Waals surface area contributed by atoms with Gasteiger partial charge >= 0.3 is 6.16 Å². The molecule has 3 fully saturated rings. The lowest BCUT2D eigenvalue weighted by Gasteiger charge is -2.58. The van der Waals surface area contributed by atoms with Gasteiger partial charge in [0.15, 0.2) is 0 Å². The zero-order valence-corrected chi connectivity index (χ0v) is 24.7. The number of benzene rings is 1. The third-order valence-electron chi connectivity index (χ3n) is 11.7. The minimum atomic E-state index is -0.523. The monoisotopic (exact) mass is 520 g/mol. The van der Waals surface area contributed by atoms with Gasteiger partial charge in [-0.25, -0.2) is 4.79 Å². The summed E-state index contributed by atoms with van der Waals surface area (Å²) in [6.07, 6.45) is 16.1. The van der Waals surface area contributed by atoms with Crippen molar-refractivity contribution in [1.82, 2.24) is 0 Å². The first-order valence-corrected chi connectivity index (χ1v) is 15.8. The first-order chi connectivity index (χ1) is 18.2. The fraction of sp³-hybridized carbons (Fsp3) is 0.743. The van der Waals surface area contributed by atoms with Crippen LogP contribution in [0.5, 0.6) is 0 Å². The van der Waals surface area contributed by atoms with Crippen LogP contribution < -0.4 is 0 Å². The summed E-state index contributed by atoms with van der Waals surface area (Å²) in [7, 11) is 0. The van der Waals surface area contributed by atoms with E-state index in [0.717, 1.165) is 60.3 Å². The molecule has 0 bridgehead atoms. The number of rotatable bonds is 8. The summed E-state index contributed by atoms with van der Waals surface area (Å²) < 4.78 is 11.2. The lowest BCUT2D eigenvalue weighted by atomic mass is 9.47. The van der Waals surface area contributed by atoms with E-state index in [-0.39, 0.29) is 18.1 Å². The smallest absolute Gasteiger partial charge is 0.431 e. The van der Waals surface area contributed by atoms with E-state index >= 15 is 0 Å². The molecule has 3 saturated carbocycles. The van der Waals surface area contributed by atoms with Crippen molar-refractivity contribution in [3.8, 4) is 0 Å². The van der Waals surface area contributed by atoms with Crippen molar-refractivity contribution in [3.63, 3.8) is 0 Å². The number of carbonyl (C=O) groups excluding carboxylic acids is 1. The topological polar surface area (TPSA) is 35.5 Å². The van der Waals surface area contributed by atoms with Crippen LogP contribution in [0.3, 0.4) is 0 Å². The molecule has 0 saturated heterocycles. The van der Waals surface area contributed by atoms with Gasteiger partial charge in [-0.05, 0) is 96.8 Å². The summed E-state index contributed by atoms with van der Waals surface area (Å²) in [5.74, 6) is 5.11. The lowest BCUT2D eigenvalue weighted by Crippen LogP contribution is -2.51. The Morgan fingerprint density at radius 2 is 1.76 bits per heavy atom. The third-order valence-corrected chi connectivity index (χ3v) is 11.7. The number of carbonyl (C=O) groups is 1. The van der Waals surface area contributed by atoms with Crippen LogP contribution in [0.4, 0.5) is 4.79 Å². The minimum absolute atomic E-state index is 0.0504. The van der Waals surface area contributed by atoms with Crippen molar-refractivity contribution in [2.24, 2.45) is 46.3 Å². The van der Waals surface area contributed by atoms with Crippen LogP contribution in [0.15, 0.2) is 42.0 Å². The van der Waals surface area contributed by atoms with Crippen molar-refractivity contribution < 1.29 is 14.3 Å². The average Bonchev–Trinajstić information content (AvgIpc) is 3.25. The predicted octanol–water partition coefficient (Wildman–Crippen LogP) is 9.75. The van der Waals surface area contributed by atoms with Crippen LogP contribution >= 0.6 is 0 Å². The van der Waals surface area contributed by atoms with E-state index in [4.69, 9.17) is 9.47 Å². The molecule has 5 rings (SSSR count). The number of allylic oxidation sites excluding steroid dienone is 1. The Morgan fingerprint density at radius 1 is 0.974 bits per heavy atom. The summed E-state index contributed by atoms with van der Waals surface area (Å²) in [5.41, 5.74) is 3.36. The van der Waals surface area contributed by atoms with E-state index in [1.807, 2.05) is 30.3 Å². The molecule has 8 atom stereocenters. The Kier molecular flexibility index (Phi) is 8.32. The SMILES string of the molecule is CC(C)CCC[C@H](C)[C@@H]1CC[C@@H]2[C@H]3CC=C4C[C@@H](OC(=O)OCc5ccccc5)CC[C@]4(C)[C@H]3CC[C@@]21C. The number of ether oxygens (including phenoxy) is 2. The molecule has 0 spiro atoms. The summed E-state index contributed by atoms with van der Waals surface area (Å²) >= 11 is 0. The Balaban J connectivity index is 1.19. The highest BCUT2D eigenvalue weighted by molar-refractivity contribution is 5.60. The zero-order valence-electron chi connectivity index (χ0n) is 24.7. The molecule has 0 heterocycles. The molecule has 38 heavy (non-hydrogen) atoms. The van der Waals surface area contributed by atoms with Gasteiger partial charge < -0.3 is 9.47 Å². The van der Waals surface area contributed by atoms with Gasteiger partial charge in [-0.15, -0.1) is 0 Å². The van der Waals surface area contributed by atoms with Gasteiger partial charge in [-0.2, -0.15) is 0 Å². The van der Waals surface area contributed by atoms with Crippen LogP contribution in [0.2, 0.25) is 0 Å². The first kappa shape index (κ1) is 27.8. The maximum absolute atomic E-state index is 12.4. The Labute approximate surface area is 232 Å². The molecule has 4 aliphatic carbocycles. The van der Waals surface area contributed by atoms with Crippen molar-refractivity contribution >= 4 is 6.16 Å². The Hall–Kier alpha value is -1.77. The summed E-state index contributed by atoms with van der Waals surface area (Å²) in [6.45, 7) is 12.8. The van der Waals surface area contributed by atoms with Gasteiger partial charge in [0, 0.05) is 6.42 Å². The normalized spacial score (nSPS) is 37.0. The fourth-order valence-corrected chi connectivity index (χ4v) is 9.64. The molecule has 0 N–H and O–H groups in total. The van der Waals surface area contributed by atoms with Gasteiger partial charge in [0.25, 0.3) is 0 Å². The highest BCUT2D eigenvalue weighted by atomic mass is 16.7. The molecular formula is C35H52O3. The van der Waals surface area contributed by atoms with E-state index in [9.17, 15) is 4.79 Å². The van der Waals surface area contributed by atoms with Crippen LogP contribution in [0.1, 0.15) is 111 Å². The second-order valence-electron chi connectivity index (χ2n) is 14.3. The van der Waals surface area contributed by atoms with E-state index < -0.39 is 6.16 Å². The van der Waals surface area contributed by atoms with Gasteiger partial charge in [0.2, 0.25) is 0 Å². The van der Waals surface area contributed by atoms with Crippen molar-refractivity contribution in [3.05, 3.63) is 47.5 Å². The third kappa shape index (κ3) is 5.46. The number of fused-ring (bicyclic) bond motifs is 5. The quantitative estimate of drug-likeness (QED) is 0.253. The van der Waals surface area contributed by atoms with Crippen LogP contribution in [0, 0.1) is 46.3 Å². The first-order valence-electron chi connectivity index (χ1n) is 15.8. The molecule has 1 aromatic carbocycles. The lowest BCUT2D eigenvalue weighted by molar-refractivity contribution is -0.0620. The molecule has 210 valence electrons. The molecule has 1 aromatic rings. The molecule has 0 radical (unpaired) electrons. The number of hydrogen-bond acceptors (Lipinski definition) is 3. The van der Waals surface area contributed by atoms with Crippen LogP contribution in [-0.4, -0.2) is 12.3 Å². The van der Waals surface area contributed by atoms with Crippen LogP contribution in [-0.2, 0) is 16.1 Å². The average molecular weight is 521 g/mol. The highest BCUT2D eigenvalue weighted by Gasteiger charge is 2.59. The van der Waals surface area contributed by atoms with Gasteiger partial charge in [0.05, 0.1) is 0 Å². The molecule has 4 aliphatic rings.